The Morgan fingerprint density at radius 3 is 2.55 bits per heavy atom. The van der Waals surface area contributed by atoms with Gasteiger partial charge in [-0.15, -0.1) is 0 Å². The van der Waals surface area contributed by atoms with Crippen molar-refractivity contribution in [1.29, 1.82) is 0 Å². The highest BCUT2D eigenvalue weighted by molar-refractivity contribution is 5.82. The molecule has 1 nitrogen and oxygen atoms in total. The molecule has 1 aromatic rings. The molecule has 0 radical (unpaired) electrons. The van der Waals surface area contributed by atoms with Crippen molar-refractivity contribution in [2.24, 2.45) is 10.9 Å². The van der Waals surface area contributed by atoms with E-state index >= 15 is 0 Å². The molecule has 0 bridgehead atoms. The molecule has 160 valence electrons. The summed E-state index contributed by atoms with van der Waals surface area (Å²) in [7, 11) is 0. The second-order valence-electron chi connectivity index (χ2n) is 8.92. The number of unbranched alkanes of at least 4 members (excludes halogenated alkanes) is 1. The van der Waals surface area contributed by atoms with Crippen LogP contribution < -0.4 is 0 Å². The summed E-state index contributed by atoms with van der Waals surface area (Å²) in [6, 6.07) is 6.29. The van der Waals surface area contributed by atoms with Crippen molar-refractivity contribution < 1.29 is 4.39 Å². The van der Waals surface area contributed by atoms with Crippen LogP contribution in [-0.2, 0) is 5.67 Å². The molecule has 0 aliphatic heterocycles. The summed E-state index contributed by atoms with van der Waals surface area (Å²) in [5.74, 6) is 1.59. The number of alkyl halides is 1. The normalized spacial score (nSPS) is 22.6. The van der Waals surface area contributed by atoms with Crippen LogP contribution in [0.3, 0.4) is 0 Å². The van der Waals surface area contributed by atoms with Crippen LogP contribution in [0.15, 0.2) is 47.6 Å². The van der Waals surface area contributed by atoms with Crippen LogP contribution in [0.5, 0.6) is 0 Å². The molecule has 2 fully saturated rings. The lowest BCUT2D eigenvalue weighted by Crippen LogP contribution is -2.00. The minimum atomic E-state index is -0.976. The Morgan fingerprint density at radius 2 is 1.97 bits per heavy atom. The third kappa shape index (κ3) is 7.24. The molecule has 0 heterocycles. The van der Waals surface area contributed by atoms with Gasteiger partial charge in [0.1, 0.15) is 5.67 Å². The Balaban J connectivity index is 0.000000237. The van der Waals surface area contributed by atoms with Crippen molar-refractivity contribution in [2.45, 2.75) is 97.6 Å². The van der Waals surface area contributed by atoms with Gasteiger partial charge < -0.3 is 0 Å². The summed E-state index contributed by atoms with van der Waals surface area (Å²) in [6.45, 7) is 14.2. The van der Waals surface area contributed by atoms with Crippen molar-refractivity contribution in [2.75, 3.05) is 0 Å². The van der Waals surface area contributed by atoms with Crippen LogP contribution in [0.4, 0.5) is 4.39 Å². The summed E-state index contributed by atoms with van der Waals surface area (Å²) in [4.78, 5) is 4.36. The van der Waals surface area contributed by atoms with Crippen LogP contribution >= 0.6 is 0 Å². The summed E-state index contributed by atoms with van der Waals surface area (Å²) < 4.78 is 14.1. The van der Waals surface area contributed by atoms with Gasteiger partial charge in [0.05, 0.1) is 0 Å². The molecule has 2 atom stereocenters. The largest absolute Gasteiger partial charge is 0.263 e. The average molecular weight is 398 g/mol. The number of hydrogen-bond acceptors (Lipinski definition) is 1. The van der Waals surface area contributed by atoms with Gasteiger partial charge in [-0.1, -0.05) is 64.0 Å². The van der Waals surface area contributed by atoms with Gasteiger partial charge in [-0.2, -0.15) is 0 Å². The highest BCUT2D eigenvalue weighted by Gasteiger charge is 2.46. The summed E-state index contributed by atoms with van der Waals surface area (Å²) in [5, 5.41) is 0. The standard InChI is InChI=1S/C17H23F.C10H17N/c1-3-4-5-13-10-16(13)15-11-14(7-6-12(15)2)17(18)8-9-17;1-5-7-9(3)11-10(4)8-6-2/h6-7,11,13,16H,3-5,8-10H2,1-2H3;5,7H,1,6,8H2,2-4H3/b;9-7-,11-10?. The molecule has 0 aromatic heterocycles. The van der Waals surface area contributed by atoms with Crippen molar-refractivity contribution in [3.63, 3.8) is 0 Å². The minimum absolute atomic E-state index is 0.721. The Bertz CT molecular complexity index is 739. The first kappa shape index (κ1) is 23.6. The topological polar surface area (TPSA) is 12.4 Å². The van der Waals surface area contributed by atoms with Gasteiger partial charge in [0.25, 0.3) is 0 Å². The third-order valence-electron chi connectivity index (χ3n) is 6.07. The number of aryl methyl sites for hydroxylation is 1. The van der Waals surface area contributed by atoms with Gasteiger partial charge in [0.15, 0.2) is 0 Å². The van der Waals surface area contributed by atoms with Crippen LogP contribution in [0.1, 0.15) is 102 Å². The second kappa shape index (κ2) is 10.9. The molecule has 0 spiro atoms. The van der Waals surface area contributed by atoms with Gasteiger partial charge in [0, 0.05) is 11.4 Å². The van der Waals surface area contributed by atoms with Gasteiger partial charge in [-0.3, -0.25) is 4.99 Å². The summed E-state index contributed by atoms with van der Waals surface area (Å²) in [5.41, 5.74) is 4.97. The number of allylic oxidation sites excluding steroid dienone is 3. The van der Waals surface area contributed by atoms with E-state index in [2.05, 4.69) is 51.4 Å². The van der Waals surface area contributed by atoms with E-state index in [9.17, 15) is 4.39 Å². The first-order valence-corrected chi connectivity index (χ1v) is 11.5. The zero-order chi connectivity index (χ0) is 21.4. The molecule has 2 aliphatic carbocycles. The molecule has 0 saturated heterocycles. The SMILES string of the molecule is C=C/C=C(/C)N=C(C)CCC.CCCCC1CC1c1cc(C2(F)CC2)ccc1C. The Labute approximate surface area is 178 Å². The Kier molecular flexibility index (Phi) is 8.86. The Hall–Kier alpha value is -1.70. The molecular weight excluding hydrogens is 357 g/mol. The maximum atomic E-state index is 14.1. The van der Waals surface area contributed by atoms with Crippen LogP contribution in [0.25, 0.3) is 0 Å². The number of nitrogens with zero attached hydrogens (tertiary/aromatic N) is 1. The van der Waals surface area contributed by atoms with E-state index in [0.717, 1.165) is 48.8 Å². The first-order chi connectivity index (χ1) is 13.8. The third-order valence-corrected chi connectivity index (χ3v) is 6.07. The minimum Gasteiger partial charge on any atom is -0.263 e. The maximum absolute atomic E-state index is 14.1. The van der Waals surface area contributed by atoms with Crippen molar-refractivity contribution >= 4 is 5.71 Å². The summed E-state index contributed by atoms with van der Waals surface area (Å²) in [6.07, 6.45) is 12.7. The fraction of sp³-hybridized carbons (Fsp3) is 0.593. The van der Waals surface area contributed by atoms with Crippen molar-refractivity contribution in [3.05, 3.63) is 59.3 Å². The van der Waals surface area contributed by atoms with Crippen molar-refractivity contribution in [1.82, 2.24) is 0 Å². The highest BCUT2D eigenvalue weighted by atomic mass is 19.1. The smallest absolute Gasteiger partial charge is 0.136 e. The van der Waals surface area contributed by atoms with E-state index in [4.69, 9.17) is 0 Å². The van der Waals surface area contributed by atoms with E-state index < -0.39 is 5.67 Å². The molecule has 1 aromatic carbocycles. The first-order valence-electron chi connectivity index (χ1n) is 11.5. The fourth-order valence-corrected chi connectivity index (χ4v) is 4.06. The van der Waals surface area contributed by atoms with E-state index in [1.807, 2.05) is 19.1 Å². The lowest BCUT2D eigenvalue weighted by Gasteiger charge is -2.11. The van der Waals surface area contributed by atoms with E-state index in [0.29, 0.717) is 0 Å². The van der Waals surface area contributed by atoms with E-state index in [1.54, 1.807) is 6.08 Å². The zero-order valence-corrected chi connectivity index (χ0v) is 19.2. The Morgan fingerprint density at radius 1 is 1.24 bits per heavy atom. The number of rotatable bonds is 9. The monoisotopic (exact) mass is 397 g/mol. The molecule has 29 heavy (non-hydrogen) atoms. The predicted octanol–water partition coefficient (Wildman–Crippen LogP) is 8.58. The maximum Gasteiger partial charge on any atom is 0.136 e. The van der Waals surface area contributed by atoms with E-state index in [1.165, 1.54) is 42.5 Å². The van der Waals surface area contributed by atoms with Crippen LogP contribution in [-0.4, -0.2) is 5.71 Å². The highest BCUT2D eigenvalue weighted by Crippen LogP contribution is 2.54. The van der Waals surface area contributed by atoms with Gasteiger partial charge in [-0.05, 0) is 87.5 Å². The molecular formula is C27H40FN. The van der Waals surface area contributed by atoms with Crippen LogP contribution in [0, 0.1) is 12.8 Å². The number of benzene rings is 1. The van der Waals surface area contributed by atoms with Gasteiger partial charge in [-0.25, -0.2) is 4.39 Å². The predicted molar refractivity (Wildman–Crippen MR) is 126 cm³/mol. The molecule has 2 unspecified atom stereocenters. The zero-order valence-electron chi connectivity index (χ0n) is 19.2. The summed E-state index contributed by atoms with van der Waals surface area (Å²) >= 11 is 0. The average Bonchev–Trinajstić information content (AvgIpc) is 3.59. The van der Waals surface area contributed by atoms with Gasteiger partial charge >= 0.3 is 0 Å². The molecule has 2 heteroatoms. The van der Waals surface area contributed by atoms with Crippen LogP contribution in [0.2, 0.25) is 0 Å². The lowest BCUT2D eigenvalue weighted by molar-refractivity contribution is 0.317. The molecule has 2 saturated carbocycles. The lowest BCUT2D eigenvalue weighted by atomic mass is 9.96. The van der Waals surface area contributed by atoms with E-state index in [-0.39, 0.29) is 0 Å². The number of aliphatic imine (C=N–C) groups is 1. The second-order valence-corrected chi connectivity index (χ2v) is 8.92. The quantitative estimate of drug-likeness (QED) is 0.292. The molecule has 2 aliphatic rings. The van der Waals surface area contributed by atoms with Gasteiger partial charge in [0.2, 0.25) is 0 Å². The number of hydrogen-bond donors (Lipinski definition) is 0. The fourth-order valence-electron chi connectivity index (χ4n) is 4.06. The molecule has 3 rings (SSSR count). The molecule has 0 N–H and O–H groups in total. The number of halogens is 1. The van der Waals surface area contributed by atoms with Crippen molar-refractivity contribution in [3.8, 4) is 0 Å². The molecule has 0 amide bonds.